The van der Waals surface area contributed by atoms with Crippen molar-refractivity contribution in [1.82, 2.24) is 5.32 Å². The largest absolute Gasteiger partial charge is 0.351 e. The van der Waals surface area contributed by atoms with Gasteiger partial charge in [-0.15, -0.1) is 4.99 Å². The second-order valence-electron chi connectivity index (χ2n) is 0.758. The van der Waals surface area contributed by atoms with Crippen molar-refractivity contribution in [2.75, 3.05) is 7.05 Å². The minimum Gasteiger partial charge on any atom is -0.339 e. The molecule has 0 bridgehead atoms. The number of nitrogens with zero attached hydrogens (tertiary/aromatic N) is 1. The molecule has 0 fully saturated rings. The Morgan fingerprint density at radius 1 is 1.86 bits per heavy atom. The molecule has 0 heterocycles. The number of aliphatic imine (C=N–C) groups is 1. The van der Waals surface area contributed by atoms with Gasteiger partial charge in [-0.3, -0.25) is 0 Å². The Bertz CT molecular complexity index is 114. The summed E-state index contributed by atoms with van der Waals surface area (Å²) in [4.78, 5) is 21.8. The Kier molecular flexibility index (Phi) is 2.55. The molecular formula is C3H4N2O2. The van der Waals surface area contributed by atoms with Gasteiger partial charge in [0.05, 0.1) is 0 Å². The first kappa shape index (κ1) is 5.85. The molecule has 0 aliphatic heterocycles. The number of hydrogen-bond acceptors (Lipinski definition) is 2. The standard InChI is InChI=1S/C3H4N2O2/c1-4-3(7)5-2-6/h1H3,(H,4,7). The van der Waals surface area contributed by atoms with Gasteiger partial charge in [0, 0.05) is 7.05 Å². The summed E-state index contributed by atoms with van der Waals surface area (Å²) < 4.78 is 0. The Labute approximate surface area is 40.2 Å². The molecule has 7 heavy (non-hydrogen) atoms. The van der Waals surface area contributed by atoms with E-state index in [1.807, 2.05) is 0 Å². The van der Waals surface area contributed by atoms with Gasteiger partial charge in [0.15, 0.2) is 0 Å². The van der Waals surface area contributed by atoms with Crippen LogP contribution in [0.3, 0.4) is 0 Å². The zero-order valence-corrected chi connectivity index (χ0v) is 3.76. The average molecular weight is 100 g/mol. The molecule has 1 N–H and O–H groups in total. The van der Waals surface area contributed by atoms with E-state index in [2.05, 4.69) is 10.3 Å². The second kappa shape index (κ2) is 3.06. The predicted octanol–water partition coefficient (Wildman–Crippen LogP) is -0.338. The minimum absolute atomic E-state index is 0.671. The van der Waals surface area contributed by atoms with Gasteiger partial charge in [-0.05, 0) is 0 Å². The van der Waals surface area contributed by atoms with Crippen LogP contribution in [0.15, 0.2) is 4.99 Å². The Morgan fingerprint density at radius 2 is 2.43 bits per heavy atom. The van der Waals surface area contributed by atoms with Gasteiger partial charge in [-0.1, -0.05) is 0 Å². The van der Waals surface area contributed by atoms with Crippen molar-refractivity contribution in [3.05, 3.63) is 0 Å². The minimum atomic E-state index is -0.671. The molecule has 4 nitrogen and oxygen atoms in total. The van der Waals surface area contributed by atoms with Crippen molar-refractivity contribution >= 4 is 12.1 Å². The molecule has 38 valence electrons. The lowest BCUT2D eigenvalue weighted by Crippen LogP contribution is -2.11. The van der Waals surface area contributed by atoms with Gasteiger partial charge in [0.1, 0.15) is 0 Å². The number of amides is 2. The lowest BCUT2D eigenvalue weighted by Gasteiger charge is -1.79. The summed E-state index contributed by atoms with van der Waals surface area (Å²) in [6.07, 6.45) is 1.08. The average Bonchev–Trinajstić information content (AvgIpc) is 1.68. The Morgan fingerprint density at radius 3 is 2.57 bits per heavy atom. The van der Waals surface area contributed by atoms with Crippen molar-refractivity contribution in [3.8, 4) is 0 Å². The maximum atomic E-state index is 9.87. The zero-order valence-electron chi connectivity index (χ0n) is 3.76. The SMILES string of the molecule is CNC(=O)N=C=O. The zero-order chi connectivity index (χ0) is 5.70. The number of rotatable bonds is 0. The molecule has 0 spiro atoms. The van der Waals surface area contributed by atoms with Crippen molar-refractivity contribution < 1.29 is 9.59 Å². The van der Waals surface area contributed by atoms with Gasteiger partial charge < -0.3 is 5.32 Å². The first-order chi connectivity index (χ1) is 3.31. The summed E-state index contributed by atoms with van der Waals surface area (Å²) in [5.41, 5.74) is 0. The molecule has 0 aliphatic carbocycles. The molecule has 0 unspecified atom stereocenters. The van der Waals surface area contributed by atoms with E-state index in [0.717, 1.165) is 6.08 Å². The fourth-order valence-corrected chi connectivity index (χ4v) is 0.0974. The Hall–Kier alpha value is -1.15. The molecule has 0 radical (unpaired) electrons. The monoisotopic (exact) mass is 100 g/mol. The van der Waals surface area contributed by atoms with E-state index < -0.39 is 6.03 Å². The summed E-state index contributed by atoms with van der Waals surface area (Å²) in [5.74, 6) is 0. The number of hydrogen-bond donors (Lipinski definition) is 1. The molecule has 0 aromatic rings. The van der Waals surface area contributed by atoms with E-state index in [4.69, 9.17) is 0 Å². The van der Waals surface area contributed by atoms with Crippen LogP contribution in [0.5, 0.6) is 0 Å². The Balaban J connectivity index is 3.58. The molecule has 0 saturated heterocycles. The topological polar surface area (TPSA) is 58.5 Å². The summed E-state index contributed by atoms with van der Waals surface area (Å²) in [7, 11) is 1.38. The fraction of sp³-hybridized carbons (Fsp3) is 0.333. The van der Waals surface area contributed by atoms with Crippen LogP contribution < -0.4 is 5.32 Å². The summed E-state index contributed by atoms with van der Waals surface area (Å²) in [5, 5.41) is 2.10. The van der Waals surface area contributed by atoms with Gasteiger partial charge in [0.2, 0.25) is 6.08 Å². The molecule has 0 aromatic heterocycles. The number of nitrogens with one attached hydrogen (secondary N) is 1. The van der Waals surface area contributed by atoms with E-state index in [1.165, 1.54) is 7.05 Å². The van der Waals surface area contributed by atoms with E-state index in [0.29, 0.717) is 0 Å². The highest BCUT2D eigenvalue weighted by molar-refractivity contribution is 5.79. The van der Waals surface area contributed by atoms with Crippen molar-refractivity contribution in [2.24, 2.45) is 4.99 Å². The molecule has 0 aromatic carbocycles. The molecule has 4 heteroatoms. The van der Waals surface area contributed by atoms with Gasteiger partial charge in [0.25, 0.3) is 0 Å². The third-order valence-electron chi connectivity index (χ3n) is 0.361. The number of carbonyl (C=O) groups excluding carboxylic acids is 2. The molecule has 0 rings (SSSR count). The lowest BCUT2D eigenvalue weighted by molar-refractivity contribution is 0.251. The van der Waals surface area contributed by atoms with Gasteiger partial charge in [-0.25, -0.2) is 9.59 Å². The van der Waals surface area contributed by atoms with Crippen molar-refractivity contribution in [2.45, 2.75) is 0 Å². The first-order valence-corrected chi connectivity index (χ1v) is 1.61. The molecule has 0 atom stereocenters. The van der Waals surface area contributed by atoms with Crippen LogP contribution in [0, 0.1) is 0 Å². The van der Waals surface area contributed by atoms with Crippen molar-refractivity contribution in [1.29, 1.82) is 0 Å². The lowest BCUT2D eigenvalue weighted by atomic mass is 11.0. The number of isocyanates is 1. The van der Waals surface area contributed by atoms with Crippen LogP contribution in [0.25, 0.3) is 0 Å². The fourth-order valence-electron chi connectivity index (χ4n) is 0.0974. The summed E-state index contributed by atoms with van der Waals surface area (Å²) >= 11 is 0. The van der Waals surface area contributed by atoms with E-state index in [-0.39, 0.29) is 0 Å². The molecule has 0 saturated carbocycles. The van der Waals surface area contributed by atoms with Crippen LogP contribution >= 0.6 is 0 Å². The van der Waals surface area contributed by atoms with Crippen LogP contribution in [0.2, 0.25) is 0 Å². The van der Waals surface area contributed by atoms with E-state index >= 15 is 0 Å². The second-order valence-corrected chi connectivity index (χ2v) is 0.758. The highest BCUT2D eigenvalue weighted by Gasteiger charge is 1.84. The number of urea groups is 1. The normalized spacial score (nSPS) is 6.43. The quantitative estimate of drug-likeness (QED) is 0.334. The summed E-state index contributed by atoms with van der Waals surface area (Å²) in [6, 6.07) is -0.671. The molecule has 0 aliphatic rings. The van der Waals surface area contributed by atoms with Crippen LogP contribution in [-0.2, 0) is 4.79 Å². The smallest absolute Gasteiger partial charge is 0.339 e. The first-order valence-electron chi connectivity index (χ1n) is 1.61. The third kappa shape index (κ3) is 2.66. The highest BCUT2D eigenvalue weighted by Crippen LogP contribution is 1.62. The van der Waals surface area contributed by atoms with Crippen LogP contribution in [-0.4, -0.2) is 19.2 Å². The summed E-state index contributed by atoms with van der Waals surface area (Å²) in [6.45, 7) is 0. The highest BCUT2D eigenvalue weighted by atomic mass is 16.2. The van der Waals surface area contributed by atoms with E-state index in [1.54, 1.807) is 0 Å². The van der Waals surface area contributed by atoms with Gasteiger partial charge >= 0.3 is 6.03 Å². The van der Waals surface area contributed by atoms with Crippen LogP contribution in [0.1, 0.15) is 0 Å². The van der Waals surface area contributed by atoms with Crippen molar-refractivity contribution in [3.63, 3.8) is 0 Å². The number of carbonyl (C=O) groups is 1. The maximum Gasteiger partial charge on any atom is 0.351 e. The van der Waals surface area contributed by atoms with Gasteiger partial charge in [-0.2, -0.15) is 0 Å². The third-order valence-corrected chi connectivity index (χ3v) is 0.361. The van der Waals surface area contributed by atoms with Crippen LogP contribution in [0.4, 0.5) is 4.79 Å². The van der Waals surface area contributed by atoms with E-state index in [9.17, 15) is 9.59 Å². The predicted molar refractivity (Wildman–Crippen MR) is 22.6 cm³/mol. The maximum absolute atomic E-state index is 9.87. The molecular weight excluding hydrogens is 96.0 g/mol. The molecule has 2 amide bonds.